The summed E-state index contributed by atoms with van der Waals surface area (Å²) in [6, 6.07) is 4.03. The molecule has 0 fully saturated rings. The van der Waals surface area contributed by atoms with Gasteiger partial charge in [-0.15, -0.1) is 0 Å². The second-order valence-corrected chi connectivity index (χ2v) is 3.17. The van der Waals surface area contributed by atoms with E-state index in [2.05, 4.69) is 10.3 Å². The number of carbonyl (C=O) groups excluding carboxylic acids is 1. The minimum Gasteiger partial charge on any atom is -0.480 e. The number of nitrogens with two attached hydrogens (primary N) is 1. The standard InChI is InChI=1S/C10H13N3O4/c11-5-8(9(14)15)13-10(16)17-6-7-3-1-2-4-12-7/h1-4,8H,5-6,11H2,(H,13,16)(H,14,15). The summed E-state index contributed by atoms with van der Waals surface area (Å²) in [6.07, 6.45) is 0.727. The molecule has 7 heteroatoms. The van der Waals surface area contributed by atoms with Crippen LogP contribution in [0.2, 0.25) is 0 Å². The van der Waals surface area contributed by atoms with Gasteiger partial charge >= 0.3 is 12.1 Å². The van der Waals surface area contributed by atoms with Crippen LogP contribution < -0.4 is 11.1 Å². The van der Waals surface area contributed by atoms with E-state index in [9.17, 15) is 9.59 Å². The van der Waals surface area contributed by atoms with Crippen LogP contribution in [0.4, 0.5) is 4.79 Å². The van der Waals surface area contributed by atoms with Gasteiger partial charge in [-0.3, -0.25) is 4.98 Å². The van der Waals surface area contributed by atoms with E-state index in [-0.39, 0.29) is 13.2 Å². The van der Waals surface area contributed by atoms with Crippen molar-refractivity contribution in [1.82, 2.24) is 10.3 Å². The first-order valence-electron chi connectivity index (χ1n) is 4.89. The van der Waals surface area contributed by atoms with Gasteiger partial charge in [-0.05, 0) is 12.1 Å². The van der Waals surface area contributed by atoms with E-state index in [0.717, 1.165) is 0 Å². The van der Waals surface area contributed by atoms with E-state index in [1.54, 1.807) is 24.4 Å². The number of nitrogens with zero attached hydrogens (tertiary/aromatic N) is 1. The number of rotatable bonds is 5. The Hall–Kier alpha value is -2.15. The van der Waals surface area contributed by atoms with Gasteiger partial charge in [0.2, 0.25) is 0 Å². The Morgan fingerprint density at radius 1 is 1.53 bits per heavy atom. The number of carboxylic acids is 1. The molecule has 1 heterocycles. The lowest BCUT2D eigenvalue weighted by Gasteiger charge is -2.11. The van der Waals surface area contributed by atoms with Crippen molar-refractivity contribution in [3.05, 3.63) is 30.1 Å². The van der Waals surface area contributed by atoms with Crippen molar-refractivity contribution >= 4 is 12.1 Å². The van der Waals surface area contributed by atoms with Gasteiger partial charge in [0, 0.05) is 12.7 Å². The molecule has 17 heavy (non-hydrogen) atoms. The molecule has 0 bridgehead atoms. The Labute approximate surface area is 97.6 Å². The van der Waals surface area contributed by atoms with Crippen molar-refractivity contribution in [3.8, 4) is 0 Å². The Bertz CT molecular complexity index is 382. The lowest BCUT2D eigenvalue weighted by Crippen LogP contribution is -2.45. The van der Waals surface area contributed by atoms with Crippen LogP contribution in [0.5, 0.6) is 0 Å². The molecule has 1 aromatic heterocycles. The van der Waals surface area contributed by atoms with Crippen molar-refractivity contribution in [2.45, 2.75) is 12.6 Å². The molecule has 1 atom stereocenters. The summed E-state index contributed by atoms with van der Waals surface area (Å²) >= 11 is 0. The summed E-state index contributed by atoms with van der Waals surface area (Å²) in [7, 11) is 0. The van der Waals surface area contributed by atoms with Crippen molar-refractivity contribution in [2.24, 2.45) is 5.73 Å². The summed E-state index contributed by atoms with van der Waals surface area (Å²) in [5.41, 5.74) is 5.74. The minimum absolute atomic E-state index is 0.0242. The van der Waals surface area contributed by atoms with Gasteiger partial charge < -0.3 is 20.9 Å². The number of aromatic nitrogens is 1. The van der Waals surface area contributed by atoms with E-state index in [1.165, 1.54) is 0 Å². The maximum absolute atomic E-state index is 11.2. The lowest BCUT2D eigenvalue weighted by atomic mass is 10.3. The fourth-order valence-corrected chi connectivity index (χ4v) is 1.03. The second kappa shape index (κ2) is 6.44. The topological polar surface area (TPSA) is 115 Å². The van der Waals surface area contributed by atoms with E-state index < -0.39 is 18.1 Å². The highest BCUT2D eigenvalue weighted by Crippen LogP contribution is 1.96. The summed E-state index contributed by atoms with van der Waals surface area (Å²) in [6.45, 7) is -0.225. The number of hydrogen-bond donors (Lipinski definition) is 3. The first kappa shape index (κ1) is 12.9. The molecule has 1 amide bonds. The number of aliphatic carboxylic acids is 1. The molecule has 1 unspecified atom stereocenters. The number of pyridine rings is 1. The van der Waals surface area contributed by atoms with E-state index in [1.807, 2.05) is 0 Å². The zero-order chi connectivity index (χ0) is 12.7. The third-order valence-electron chi connectivity index (χ3n) is 1.90. The molecule has 92 valence electrons. The molecular formula is C10H13N3O4. The van der Waals surface area contributed by atoms with Crippen molar-refractivity contribution < 1.29 is 19.4 Å². The van der Waals surface area contributed by atoms with Crippen molar-refractivity contribution in [1.29, 1.82) is 0 Å². The quantitative estimate of drug-likeness (QED) is 0.651. The Balaban J connectivity index is 2.37. The molecular weight excluding hydrogens is 226 g/mol. The normalized spacial score (nSPS) is 11.6. The number of hydrogen-bond acceptors (Lipinski definition) is 5. The molecule has 7 nitrogen and oxygen atoms in total. The van der Waals surface area contributed by atoms with Gasteiger partial charge in [0.25, 0.3) is 0 Å². The minimum atomic E-state index is -1.21. The first-order valence-corrected chi connectivity index (χ1v) is 4.89. The van der Waals surface area contributed by atoms with Crippen LogP contribution in [0.15, 0.2) is 24.4 Å². The average Bonchev–Trinajstić information content (AvgIpc) is 2.34. The highest BCUT2D eigenvalue weighted by molar-refractivity contribution is 5.80. The molecule has 0 spiro atoms. The van der Waals surface area contributed by atoms with Crippen LogP contribution >= 0.6 is 0 Å². The fraction of sp³-hybridized carbons (Fsp3) is 0.300. The molecule has 0 aliphatic carbocycles. The molecule has 1 aromatic rings. The SMILES string of the molecule is NCC(NC(=O)OCc1ccccn1)C(=O)O. The van der Waals surface area contributed by atoms with Crippen LogP contribution in [-0.2, 0) is 16.1 Å². The molecule has 0 saturated heterocycles. The molecule has 0 saturated carbocycles. The molecule has 1 rings (SSSR count). The van der Waals surface area contributed by atoms with Gasteiger partial charge in [0.05, 0.1) is 5.69 Å². The maximum atomic E-state index is 11.2. The van der Waals surface area contributed by atoms with E-state index in [4.69, 9.17) is 15.6 Å². The second-order valence-electron chi connectivity index (χ2n) is 3.17. The lowest BCUT2D eigenvalue weighted by molar-refractivity contribution is -0.139. The Morgan fingerprint density at radius 2 is 2.29 bits per heavy atom. The molecule has 0 radical (unpaired) electrons. The highest BCUT2D eigenvalue weighted by Gasteiger charge is 2.18. The van der Waals surface area contributed by atoms with E-state index >= 15 is 0 Å². The van der Waals surface area contributed by atoms with Crippen molar-refractivity contribution in [2.75, 3.05) is 6.54 Å². The first-order chi connectivity index (χ1) is 8.13. The number of carbonyl (C=O) groups is 2. The summed E-state index contributed by atoms with van der Waals surface area (Å²) in [4.78, 5) is 25.7. The van der Waals surface area contributed by atoms with Gasteiger partial charge in [0.1, 0.15) is 12.6 Å². The van der Waals surface area contributed by atoms with Crippen LogP contribution in [0.1, 0.15) is 5.69 Å². The van der Waals surface area contributed by atoms with Crippen LogP contribution in [0.25, 0.3) is 0 Å². The number of amides is 1. The number of carboxylic acid groups (broad SMARTS) is 1. The Kier molecular flexibility index (Phi) is 4.89. The average molecular weight is 239 g/mol. The fourth-order valence-electron chi connectivity index (χ4n) is 1.03. The molecule has 0 aliphatic rings. The summed E-state index contributed by atoms with van der Waals surface area (Å²) in [5.74, 6) is -1.21. The smallest absolute Gasteiger partial charge is 0.408 e. The van der Waals surface area contributed by atoms with Crippen LogP contribution in [0.3, 0.4) is 0 Å². The monoisotopic (exact) mass is 239 g/mol. The van der Waals surface area contributed by atoms with E-state index in [0.29, 0.717) is 5.69 Å². The zero-order valence-electron chi connectivity index (χ0n) is 9.00. The van der Waals surface area contributed by atoms with Gasteiger partial charge in [0.15, 0.2) is 0 Å². The number of nitrogens with one attached hydrogen (secondary N) is 1. The third kappa shape index (κ3) is 4.47. The van der Waals surface area contributed by atoms with Gasteiger partial charge in [-0.25, -0.2) is 9.59 Å². The number of ether oxygens (including phenoxy) is 1. The highest BCUT2D eigenvalue weighted by atomic mass is 16.5. The van der Waals surface area contributed by atoms with Gasteiger partial charge in [-0.2, -0.15) is 0 Å². The largest absolute Gasteiger partial charge is 0.480 e. The predicted molar refractivity (Wildman–Crippen MR) is 58.0 cm³/mol. The third-order valence-corrected chi connectivity index (χ3v) is 1.90. The van der Waals surface area contributed by atoms with Gasteiger partial charge in [-0.1, -0.05) is 6.07 Å². The zero-order valence-corrected chi connectivity index (χ0v) is 9.00. The molecule has 0 aliphatic heterocycles. The summed E-state index contributed by atoms with van der Waals surface area (Å²) in [5, 5.41) is 10.8. The maximum Gasteiger partial charge on any atom is 0.408 e. The Morgan fingerprint density at radius 3 is 2.82 bits per heavy atom. The predicted octanol–water partition coefficient (Wildman–Crippen LogP) is -0.280. The van der Waals surface area contributed by atoms with Crippen LogP contribution in [-0.4, -0.2) is 34.7 Å². The van der Waals surface area contributed by atoms with Crippen molar-refractivity contribution in [3.63, 3.8) is 0 Å². The summed E-state index contributed by atoms with van der Waals surface area (Å²) < 4.78 is 4.78. The van der Waals surface area contributed by atoms with Crippen LogP contribution in [0, 0.1) is 0 Å². The molecule has 0 aromatic carbocycles. The molecule has 4 N–H and O–H groups in total. The number of alkyl carbamates (subject to hydrolysis) is 1.